The molecule has 0 saturated carbocycles. The van der Waals surface area contributed by atoms with Gasteiger partial charge < -0.3 is 14.3 Å². The molecule has 36 heavy (non-hydrogen) atoms. The maximum Gasteiger partial charge on any atom is 0.343 e. The second-order valence-corrected chi connectivity index (χ2v) is 9.09. The van der Waals surface area contributed by atoms with Gasteiger partial charge in [0, 0.05) is 6.42 Å². The number of rotatable bonds is 11. The number of ether oxygens (including phenoxy) is 1. The van der Waals surface area contributed by atoms with E-state index in [9.17, 15) is 14.7 Å². The van der Waals surface area contributed by atoms with Crippen molar-refractivity contribution in [2.24, 2.45) is 0 Å². The van der Waals surface area contributed by atoms with Gasteiger partial charge >= 0.3 is 11.6 Å². The highest BCUT2D eigenvalue weighted by atomic mass is 16.5. The summed E-state index contributed by atoms with van der Waals surface area (Å²) < 4.78 is 10.7. The lowest BCUT2D eigenvalue weighted by atomic mass is 10.0. The molecule has 0 bridgehead atoms. The van der Waals surface area contributed by atoms with Crippen molar-refractivity contribution < 1.29 is 19.1 Å². The molecule has 0 fully saturated rings. The number of allylic oxidation sites excluding steroid dienone is 5. The molecule has 0 aliphatic carbocycles. The summed E-state index contributed by atoms with van der Waals surface area (Å²) in [6.45, 7) is 6.42. The summed E-state index contributed by atoms with van der Waals surface area (Å²) in [4.78, 5) is 24.3. The summed E-state index contributed by atoms with van der Waals surface area (Å²) in [6, 6.07) is 16.0. The molecule has 1 heterocycles. The molecule has 0 amide bonds. The van der Waals surface area contributed by atoms with Crippen molar-refractivity contribution in [2.75, 3.05) is 6.61 Å². The third kappa shape index (κ3) is 7.84. The zero-order valence-electron chi connectivity index (χ0n) is 21.3. The molecule has 3 aromatic rings. The van der Waals surface area contributed by atoms with Gasteiger partial charge in [0.2, 0.25) is 0 Å². The minimum atomic E-state index is -0.496. The molecule has 0 aliphatic rings. The number of carbonyl (C=O) groups is 1. The minimum absolute atomic E-state index is 0.000166. The molecular weight excluding hydrogens is 452 g/mol. The van der Waals surface area contributed by atoms with Gasteiger partial charge in [0.1, 0.15) is 17.9 Å². The lowest BCUT2D eigenvalue weighted by molar-refractivity contribution is 0.0540. The number of aromatic hydroxyl groups is 1. The van der Waals surface area contributed by atoms with Crippen LogP contribution in [0.1, 0.15) is 62.4 Å². The van der Waals surface area contributed by atoms with Crippen molar-refractivity contribution in [3.63, 3.8) is 0 Å². The third-order valence-corrected chi connectivity index (χ3v) is 6.04. The van der Waals surface area contributed by atoms with Crippen LogP contribution in [0.15, 0.2) is 98.8 Å². The van der Waals surface area contributed by atoms with Gasteiger partial charge in [-0.25, -0.2) is 9.59 Å². The van der Waals surface area contributed by atoms with Crippen LogP contribution in [-0.4, -0.2) is 17.7 Å². The molecule has 1 aromatic heterocycles. The van der Waals surface area contributed by atoms with E-state index in [1.807, 2.05) is 38.1 Å². The smallest absolute Gasteiger partial charge is 0.343 e. The number of esters is 1. The van der Waals surface area contributed by atoms with Crippen LogP contribution in [0, 0.1) is 0 Å². The first-order valence-corrected chi connectivity index (χ1v) is 12.3. The average Bonchev–Trinajstić information content (AvgIpc) is 2.87. The van der Waals surface area contributed by atoms with Gasteiger partial charge in [-0.1, -0.05) is 59.7 Å². The Morgan fingerprint density at radius 2 is 1.47 bits per heavy atom. The fourth-order valence-corrected chi connectivity index (χ4v) is 3.82. The Kier molecular flexibility index (Phi) is 9.87. The van der Waals surface area contributed by atoms with Crippen molar-refractivity contribution in [1.29, 1.82) is 0 Å². The van der Waals surface area contributed by atoms with Crippen LogP contribution in [0.2, 0.25) is 0 Å². The fourth-order valence-electron chi connectivity index (χ4n) is 3.82. The van der Waals surface area contributed by atoms with Crippen LogP contribution in [-0.2, 0) is 11.2 Å². The number of fused-ring (bicyclic) bond motifs is 1. The Bertz CT molecular complexity index is 1330. The maximum atomic E-state index is 12.3. The van der Waals surface area contributed by atoms with E-state index in [-0.39, 0.29) is 17.3 Å². The summed E-state index contributed by atoms with van der Waals surface area (Å²) in [7, 11) is 0. The van der Waals surface area contributed by atoms with E-state index < -0.39 is 5.63 Å². The molecule has 0 atom stereocenters. The normalized spacial score (nSPS) is 12.7. The van der Waals surface area contributed by atoms with Gasteiger partial charge in [-0.3, -0.25) is 0 Å². The molecule has 0 radical (unpaired) electrons. The number of hydrogen-bond donors (Lipinski definition) is 1. The van der Waals surface area contributed by atoms with Crippen LogP contribution >= 0.6 is 0 Å². The quantitative estimate of drug-likeness (QED) is 0.175. The first kappa shape index (κ1) is 26.7. The van der Waals surface area contributed by atoms with E-state index in [4.69, 9.17) is 9.15 Å². The Hall–Kier alpha value is -3.86. The Morgan fingerprint density at radius 3 is 2.19 bits per heavy atom. The lowest BCUT2D eigenvalue weighted by Crippen LogP contribution is -2.07. The topological polar surface area (TPSA) is 76.7 Å². The Labute approximate surface area is 212 Å². The molecule has 2 aromatic carbocycles. The molecule has 0 aliphatic heterocycles. The number of para-hydroxylation sites is 1. The van der Waals surface area contributed by atoms with Crippen molar-refractivity contribution in [1.82, 2.24) is 0 Å². The van der Waals surface area contributed by atoms with E-state index in [0.29, 0.717) is 29.6 Å². The Balaban J connectivity index is 1.42. The van der Waals surface area contributed by atoms with Crippen molar-refractivity contribution in [3.8, 4) is 5.75 Å². The third-order valence-electron chi connectivity index (χ3n) is 6.04. The summed E-state index contributed by atoms with van der Waals surface area (Å²) in [6.07, 6.45) is 10.3. The molecule has 0 unspecified atom stereocenters. The van der Waals surface area contributed by atoms with Crippen LogP contribution in [0.3, 0.4) is 0 Å². The second-order valence-electron chi connectivity index (χ2n) is 9.09. The molecule has 3 rings (SSSR count). The molecule has 0 saturated heterocycles. The zero-order chi connectivity index (χ0) is 25.9. The largest absolute Gasteiger partial charge is 0.507 e. The summed E-state index contributed by atoms with van der Waals surface area (Å²) >= 11 is 0. The average molecular weight is 487 g/mol. The molecule has 5 heteroatoms. The van der Waals surface area contributed by atoms with Gasteiger partial charge in [0.05, 0.1) is 16.5 Å². The molecular formula is C31H34O5. The van der Waals surface area contributed by atoms with Crippen LogP contribution < -0.4 is 5.63 Å². The predicted molar refractivity (Wildman–Crippen MR) is 144 cm³/mol. The Morgan fingerprint density at radius 1 is 0.861 bits per heavy atom. The molecule has 5 nitrogen and oxygen atoms in total. The SMILES string of the molecule is C/C(=C\CC/C(C)=C/Cc1c(O)c2ccccc2oc1=O)CC/C=C(\C)COC(=O)c1ccccc1. The van der Waals surface area contributed by atoms with E-state index in [1.165, 1.54) is 5.57 Å². The minimum Gasteiger partial charge on any atom is -0.507 e. The van der Waals surface area contributed by atoms with E-state index in [0.717, 1.165) is 36.8 Å². The summed E-state index contributed by atoms with van der Waals surface area (Å²) in [5.41, 5.74) is 4.24. The standard InChI is InChI=1S/C31H34O5/c1-22(12-10-14-24(3)21-35-30(33)25-15-5-4-6-16-25)11-9-13-23(2)19-20-27-29(32)26-17-7-8-18-28(26)36-31(27)34/h4-8,11,14-19,32H,9-10,12-13,20-21H2,1-3H3/b22-11+,23-19+,24-14+. The van der Waals surface area contributed by atoms with Crippen LogP contribution in [0.4, 0.5) is 0 Å². The monoisotopic (exact) mass is 486 g/mol. The second kappa shape index (κ2) is 13.3. The van der Waals surface area contributed by atoms with Crippen molar-refractivity contribution in [3.05, 3.63) is 111 Å². The lowest BCUT2D eigenvalue weighted by Gasteiger charge is -2.06. The molecule has 1 N–H and O–H groups in total. The molecule has 188 valence electrons. The van der Waals surface area contributed by atoms with E-state index >= 15 is 0 Å². The maximum absolute atomic E-state index is 12.3. The van der Waals surface area contributed by atoms with Gasteiger partial charge in [-0.2, -0.15) is 0 Å². The summed E-state index contributed by atoms with van der Waals surface area (Å²) in [5.74, 6) is -0.306. The zero-order valence-corrected chi connectivity index (χ0v) is 21.3. The van der Waals surface area contributed by atoms with Gasteiger partial charge in [-0.05, 0) is 76.3 Å². The summed E-state index contributed by atoms with van der Waals surface area (Å²) in [5, 5.41) is 11.0. The van der Waals surface area contributed by atoms with Gasteiger partial charge in [0.15, 0.2) is 0 Å². The highest BCUT2D eigenvalue weighted by Gasteiger charge is 2.12. The van der Waals surface area contributed by atoms with Gasteiger partial charge in [-0.15, -0.1) is 0 Å². The van der Waals surface area contributed by atoms with E-state index in [2.05, 4.69) is 19.1 Å². The van der Waals surface area contributed by atoms with Crippen molar-refractivity contribution in [2.45, 2.75) is 52.9 Å². The fraction of sp³-hybridized carbons (Fsp3) is 0.290. The highest BCUT2D eigenvalue weighted by molar-refractivity contribution is 5.89. The van der Waals surface area contributed by atoms with Crippen LogP contribution in [0.25, 0.3) is 11.0 Å². The van der Waals surface area contributed by atoms with E-state index in [1.54, 1.807) is 36.4 Å². The number of carbonyl (C=O) groups excluding carboxylic acids is 1. The van der Waals surface area contributed by atoms with Gasteiger partial charge in [0.25, 0.3) is 0 Å². The van der Waals surface area contributed by atoms with Crippen LogP contribution in [0.5, 0.6) is 5.75 Å². The predicted octanol–water partition coefficient (Wildman–Crippen LogP) is 7.30. The first-order valence-electron chi connectivity index (χ1n) is 12.3. The molecule has 0 spiro atoms. The highest BCUT2D eigenvalue weighted by Crippen LogP contribution is 2.26. The number of hydrogen-bond acceptors (Lipinski definition) is 5. The van der Waals surface area contributed by atoms with Crippen molar-refractivity contribution >= 4 is 16.9 Å². The first-order chi connectivity index (χ1) is 17.3. The number of benzene rings is 2.